The maximum absolute atomic E-state index is 9.30. The number of benzene rings is 1. The average molecular weight is 235 g/mol. The van der Waals surface area contributed by atoms with Crippen molar-refractivity contribution in [3.8, 4) is 5.75 Å². The number of likely N-dealkylation sites (tertiary alicyclic amines) is 1. The van der Waals surface area contributed by atoms with Crippen molar-refractivity contribution in [1.82, 2.24) is 4.90 Å². The fraction of sp³-hybridized carbons (Fsp3) is 0.571. The number of ether oxygens (including phenoxy) is 1. The molecule has 1 fully saturated rings. The molecule has 2 rings (SSSR count). The summed E-state index contributed by atoms with van der Waals surface area (Å²) in [5.41, 5.74) is 1.25. The van der Waals surface area contributed by atoms with Gasteiger partial charge in [-0.2, -0.15) is 0 Å². The first-order valence-corrected chi connectivity index (χ1v) is 6.26. The lowest BCUT2D eigenvalue weighted by molar-refractivity contribution is 0.0171. The van der Waals surface area contributed by atoms with Crippen LogP contribution in [0, 0.1) is 0 Å². The molecule has 0 saturated carbocycles. The van der Waals surface area contributed by atoms with Gasteiger partial charge in [0.1, 0.15) is 5.75 Å². The van der Waals surface area contributed by atoms with E-state index in [-0.39, 0.29) is 0 Å². The molecular formula is C14H21NO2. The van der Waals surface area contributed by atoms with Gasteiger partial charge in [-0.15, -0.1) is 0 Å². The van der Waals surface area contributed by atoms with Crippen LogP contribution in [0.1, 0.15) is 31.4 Å². The van der Waals surface area contributed by atoms with Crippen molar-refractivity contribution >= 4 is 0 Å². The summed E-state index contributed by atoms with van der Waals surface area (Å²) in [4.78, 5) is 2.45. The van der Waals surface area contributed by atoms with Crippen LogP contribution in [0.25, 0.3) is 0 Å². The number of rotatable bonds is 3. The van der Waals surface area contributed by atoms with Gasteiger partial charge in [0.25, 0.3) is 0 Å². The first-order chi connectivity index (χ1) is 8.20. The van der Waals surface area contributed by atoms with Gasteiger partial charge in [-0.1, -0.05) is 12.1 Å². The summed E-state index contributed by atoms with van der Waals surface area (Å²) in [5.74, 6) is 0.328. The van der Waals surface area contributed by atoms with Crippen molar-refractivity contribution in [2.75, 3.05) is 20.2 Å². The Kier molecular flexibility index (Phi) is 4.02. The molecule has 3 nitrogen and oxygen atoms in total. The molecule has 0 aliphatic carbocycles. The van der Waals surface area contributed by atoms with E-state index in [0.29, 0.717) is 17.9 Å². The molecule has 1 heterocycles. The lowest BCUT2D eigenvalue weighted by Crippen LogP contribution is -2.40. The molecule has 0 aromatic heterocycles. The number of aromatic hydroxyl groups is 1. The topological polar surface area (TPSA) is 32.7 Å². The van der Waals surface area contributed by atoms with E-state index in [1.165, 1.54) is 12.0 Å². The van der Waals surface area contributed by atoms with Gasteiger partial charge < -0.3 is 9.84 Å². The Hall–Kier alpha value is -1.06. The van der Waals surface area contributed by atoms with Crippen LogP contribution in [0.3, 0.4) is 0 Å². The first kappa shape index (κ1) is 12.4. The highest BCUT2D eigenvalue weighted by Gasteiger charge is 2.23. The second kappa shape index (κ2) is 5.52. The van der Waals surface area contributed by atoms with E-state index in [0.717, 1.165) is 19.5 Å². The fourth-order valence-electron chi connectivity index (χ4n) is 2.47. The Morgan fingerprint density at radius 2 is 2.06 bits per heavy atom. The number of hydrogen-bond acceptors (Lipinski definition) is 3. The molecule has 1 aliphatic rings. The Balaban J connectivity index is 2.03. The molecule has 0 bridgehead atoms. The standard InChI is InChI=1S/C14H21NO2/c1-11(12-5-7-13(16)8-6-12)15-9-3-4-14(10-15)17-2/h5-8,11,14,16H,3-4,9-10H2,1-2H3. The van der Waals surface area contributed by atoms with Crippen molar-refractivity contribution in [3.05, 3.63) is 29.8 Å². The van der Waals surface area contributed by atoms with E-state index in [1.807, 2.05) is 12.1 Å². The van der Waals surface area contributed by atoms with Crippen LogP contribution >= 0.6 is 0 Å². The van der Waals surface area contributed by atoms with E-state index in [4.69, 9.17) is 4.74 Å². The highest BCUT2D eigenvalue weighted by molar-refractivity contribution is 5.27. The molecule has 17 heavy (non-hydrogen) atoms. The largest absolute Gasteiger partial charge is 0.508 e. The zero-order valence-electron chi connectivity index (χ0n) is 10.6. The molecule has 1 aliphatic heterocycles. The molecule has 3 heteroatoms. The van der Waals surface area contributed by atoms with Gasteiger partial charge in [-0.05, 0) is 44.0 Å². The summed E-state index contributed by atoms with van der Waals surface area (Å²) < 4.78 is 5.44. The molecule has 0 amide bonds. The van der Waals surface area contributed by atoms with Crippen molar-refractivity contribution in [2.24, 2.45) is 0 Å². The highest BCUT2D eigenvalue weighted by Crippen LogP contribution is 2.26. The zero-order chi connectivity index (χ0) is 12.3. The quantitative estimate of drug-likeness (QED) is 0.874. The molecule has 0 radical (unpaired) electrons. The summed E-state index contributed by atoms with van der Waals surface area (Å²) in [6, 6.07) is 7.88. The number of phenolic OH excluding ortho intramolecular Hbond substituents is 1. The Labute approximate surface area is 103 Å². The van der Waals surface area contributed by atoms with E-state index >= 15 is 0 Å². The average Bonchev–Trinajstić information content (AvgIpc) is 2.39. The molecule has 1 saturated heterocycles. The third kappa shape index (κ3) is 2.99. The molecule has 94 valence electrons. The van der Waals surface area contributed by atoms with Crippen molar-refractivity contribution in [2.45, 2.75) is 31.9 Å². The summed E-state index contributed by atoms with van der Waals surface area (Å²) in [6.07, 6.45) is 2.72. The van der Waals surface area contributed by atoms with Crippen LogP contribution in [0.4, 0.5) is 0 Å². The van der Waals surface area contributed by atoms with Gasteiger partial charge >= 0.3 is 0 Å². The number of phenols is 1. The van der Waals surface area contributed by atoms with Crippen molar-refractivity contribution in [3.63, 3.8) is 0 Å². The van der Waals surface area contributed by atoms with Gasteiger partial charge in [-0.25, -0.2) is 0 Å². The molecule has 1 N–H and O–H groups in total. The molecule has 1 aromatic carbocycles. The summed E-state index contributed by atoms with van der Waals surface area (Å²) in [6.45, 7) is 4.34. The number of methoxy groups -OCH3 is 1. The summed E-state index contributed by atoms with van der Waals surface area (Å²) in [5, 5.41) is 9.30. The predicted molar refractivity (Wildman–Crippen MR) is 68.1 cm³/mol. The number of piperidine rings is 1. The molecule has 2 atom stereocenters. The normalized spacial score (nSPS) is 23.5. The smallest absolute Gasteiger partial charge is 0.115 e. The Bertz CT molecular complexity index is 350. The van der Waals surface area contributed by atoms with E-state index < -0.39 is 0 Å². The minimum atomic E-state index is 0.328. The van der Waals surface area contributed by atoms with Crippen LogP contribution in [0.2, 0.25) is 0 Å². The lowest BCUT2D eigenvalue weighted by atomic mass is 10.0. The fourth-order valence-corrected chi connectivity index (χ4v) is 2.47. The molecular weight excluding hydrogens is 214 g/mol. The van der Waals surface area contributed by atoms with Gasteiger partial charge in [0.05, 0.1) is 6.10 Å². The van der Waals surface area contributed by atoms with Crippen molar-refractivity contribution in [1.29, 1.82) is 0 Å². The van der Waals surface area contributed by atoms with Crippen LogP contribution in [0.15, 0.2) is 24.3 Å². The minimum Gasteiger partial charge on any atom is -0.508 e. The number of hydrogen-bond donors (Lipinski definition) is 1. The van der Waals surface area contributed by atoms with E-state index in [2.05, 4.69) is 11.8 Å². The summed E-state index contributed by atoms with van der Waals surface area (Å²) in [7, 11) is 1.79. The second-order valence-corrected chi connectivity index (χ2v) is 4.76. The van der Waals surface area contributed by atoms with Crippen molar-refractivity contribution < 1.29 is 9.84 Å². The molecule has 0 spiro atoms. The van der Waals surface area contributed by atoms with Crippen LogP contribution in [-0.4, -0.2) is 36.3 Å². The Morgan fingerprint density at radius 1 is 1.35 bits per heavy atom. The van der Waals surface area contributed by atoms with E-state index in [1.54, 1.807) is 19.2 Å². The Morgan fingerprint density at radius 3 is 2.71 bits per heavy atom. The van der Waals surface area contributed by atoms with E-state index in [9.17, 15) is 5.11 Å². The third-order valence-corrected chi connectivity index (χ3v) is 3.67. The summed E-state index contributed by atoms with van der Waals surface area (Å²) >= 11 is 0. The van der Waals surface area contributed by atoms with Gasteiger partial charge in [0.15, 0.2) is 0 Å². The lowest BCUT2D eigenvalue weighted by Gasteiger charge is -2.36. The van der Waals surface area contributed by atoms with Gasteiger partial charge in [-0.3, -0.25) is 4.90 Å². The van der Waals surface area contributed by atoms with Gasteiger partial charge in [0, 0.05) is 19.7 Å². The third-order valence-electron chi connectivity index (χ3n) is 3.67. The number of nitrogens with zero attached hydrogens (tertiary/aromatic N) is 1. The SMILES string of the molecule is COC1CCCN(C(C)c2ccc(O)cc2)C1. The highest BCUT2D eigenvalue weighted by atomic mass is 16.5. The maximum atomic E-state index is 9.30. The molecule has 1 aromatic rings. The predicted octanol–water partition coefficient (Wildman–Crippen LogP) is 2.56. The van der Waals surface area contributed by atoms with Crippen LogP contribution < -0.4 is 0 Å². The minimum absolute atomic E-state index is 0.328. The van der Waals surface area contributed by atoms with Gasteiger partial charge in [0.2, 0.25) is 0 Å². The first-order valence-electron chi connectivity index (χ1n) is 6.26. The zero-order valence-corrected chi connectivity index (χ0v) is 10.6. The van der Waals surface area contributed by atoms with Crippen LogP contribution in [0.5, 0.6) is 5.75 Å². The monoisotopic (exact) mass is 235 g/mol. The maximum Gasteiger partial charge on any atom is 0.115 e. The van der Waals surface area contributed by atoms with Crippen LogP contribution in [-0.2, 0) is 4.74 Å². The molecule has 2 unspecified atom stereocenters. The second-order valence-electron chi connectivity index (χ2n) is 4.76.